The van der Waals surface area contributed by atoms with Crippen molar-refractivity contribution in [2.75, 3.05) is 0 Å². The van der Waals surface area contributed by atoms with Crippen LogP contribution in [0.1, 0.15) is 16.7 Å². The minimum absolute atomic E-state index is 0.136. The summed E-state index contributed by atoms with van der Waals surface area (Å²) in [6, 6.07) is 13.5. The number of alkyl halides is 3. The molecule has 0 bridgehead atoms. The quantitative estimate of drug-likeness (QED) is 0.925. The molecular weight excluding hydrogens is 293 g/mol. The summed E-state index contributed by atoms with van der Waals surface area (Å²) in [4.78, 5) is 12.0. The van der Waals surface area contributed by atoms with E-state index in [0.717, 1.165) is 12.1 Å². The Kier molecular flexibility index (Phi) is 3.36. The Morgan fingerprint density at radius 2 is 1.59 bits per heavy atom. The second-order valence-corrected chi connectivity index (χ2v) is 4.72. The lowest BCUT2D eigenvalue weighted by Gasteiger charge is -2.09. The average molecular weight is 303 g/mol. The number of carbonyl (C=O) groups is 1. The number of hydrogen-bond donors (Lipinski definition) is 1. The van der Waals surface area contributed by atoms with Crippen LogP contribution in [0.25, 0.3) is 11.3 Å². The van der Waals surface area contributed by atoms with Crippen molar-refractivity contribution in [3.63, 3.8) is 0 Å². The third-order valence-corrected chi connectivity index (χ3v) is 3.27. The van der Waals surface area contributed by atoms with E-state index in [0.29, 0.717) is 11.3 Å². The summed E-state index contributed by atoms with van der Waals surface area (Å²) in [6.07, 6.45) is -4.46. The maximum Gasteiger partial charge on any atom is 0.416 e. The minimum atomic E-state index is -4.46. The summed E-state index contributed by atoms with van der Waals surface area (Å²) in [6.45, 7) is 0. The Hall–Kier alpha value is -2.76. The predicted octanol–water partition coefficient (Wildman–Crippen LogP) is 3.22. The van der Waals surface area contributed by atoms with Gasteiger partial charge in [-0.2, -0.15) is 13.2 Å². The van der Waals surface area contributed by atoms with Gasteiger partial charge in [-0.1, -0.05) is 42.5 Å². The van der Waals surface area contributed by atoms with Crippen molar-refractivity contribution in [2.45, 2.75) is 6.18 Å². The number of amides is 1. The molecule has 1 heterocycles. The molecule has 0 saturated carbocycles. The first-order valence-electron chi connectivity index (χ1n) is 6.45. The average Bonchev–Trinajstić information content (AvgIpc) is 2.89. The van der Waals surface area contributed by atoms with E-state index in [9.17, 15) is 18.0 Å². The molecule has 0 aromatic heterocycles. The molecule has 1 amide bonds. The van der Waals surface area contributed by atoms with E-state index >= 15 is 0 Å². The van der Waals surface area contributed by atoms with Gasteiger partial charge in [0.25, 0.3) is 5.91 Å². The first-order chi connectivity index (χ1) is 10.5. The molecule has 3 rings (SSSR count). The molecule has 22 heavy (non-hydrogen) atoms. The Balaban J connectivity index is 2.14. The molecular formula is C16H10F3N2O. The van der Waals surface area contributed by atoms with Crippen molar-refractivity contribution in [1.82, 2.24) is 10.9 Å². The molecule has 0 unspecified atom stereocenters. The van der Waals surface area contributed by atoms with Crippen LogP contribution in [0.2, 0.25) is 0 Å². The fraction of sp³-hybridized carbons (Fsp3) is 0.0625. The largest absolute Gasteiger partial charge is 0.416 e. The van der Waals surface area contributed by atoms with Gasteiger partial charge in [-0.15, -0.1) is 5.43 Å². The highest BCUT2D eigenvalue weighted by atomic mass is 19.4. The Morgan fingerprint density at radius 1 is 0.909 bits per heavy atom. The van der Waals surface area contributed by atoms with Crippen molar-refractivity contribution >= 4 is 17.2 Å². The van der Waals surface area contributed by atoms with Crippen LogP contribution in [-0.2, 0) is 11.0 Å². The molecule has 6 heteroatoms. The third kappa shape index (κ3) is 2.55. The number of benzene rings is 2. The fourth-order valence-electron chi connectivity index (χ4n) is 2.26. The molecule has 111 valence electrons. The Labute approximate surface area is 124 Å². The summed E-state index contributed by atoms with van der Waals surface area (Å²) in [5.41, 5.74) is 6.82. The fourth-order valence-corrected chi connectivity index (χ4v) is 2.26. The SMILES string of the molecule is O=C1[N]NC(c2ccccc2)=C1c1cccc(C(F)(F)F)c1. The van der Waals surface area contributed by atoms with Crippen LogP contribution in [0.3, 0.4) is 0 Å². The van der Waals surface area contributed by atoms with E-state index in [1.54, 1.807) is 24.3 Å². The molecule has 1 aliphatic heterocycles. The van der Waals surface area contributed by atoms with Gasteiger partial charge in [0, 0.05) is 5.56 Å². The van der Waals surface area contributed by atoms with Gasteiger partial charge in [0.05, 0.1) is 16.8 Å². The molecule has 0 spiro atoms. The van der Waals surface area contributed by atoms with Gasteiger partial charge in [-0.05, 0) is 17.7 Å². The number of carbonyl (C=O) groups excluding carboxylic acids is 1. The summed E-state index contributed by atoms with van der Waals surface area (Å²) in [5.74, 6) is -0.585. The summed E-state index contributed by atoms with van der Waals surface area (Å²) in [7, 11) is 0. The maximum absolute atomic E-state index is 12.8. The monoisotopic (exact) mass is 303 g/mol. The molecule has 0 aliphatic carbocycles. The first-order valence-corrected chi connectivity index (χ1v) is 6.45. The highest BCUT2D eigenvalue weighted by Gasteiger charge is 2.32. The van der Waals surface area contributed by atoms with Gasteiger partial charge in [0.1, 0.15) is 0 Å². The van der Waals surface area contributed by atoms with Crippen LogP contribution in [0.5, 0.6) is 0 Å². The van der Waals surface area contributed by atoms with E-state index < -0.39 is 17.6 Å². The standard InChI is InChI=1S/C16H10F3N2O/c17-16(18,19)12-8-4-7-11(9-12)13-14(20-21-15(13)22)10-5-2-1-3-6-10/h1-9,20H. The van der Waals surface area contributed by atoms with Crippen molar-refractivity contribution in [1.29, 1.82) is 0 Å². The van der Waals surface area contributed by atoms with Crippen molar-refractivity contribution in [2.24, 2.45) is 0 Å². The molecule has 1 radical (unpaired) electrons. The van der Waals surface area contributed by atoms with E-state index in [4.69, 9.17) is 0 Å². The molecule has 2 aromatic carbocycles. The zero-order valence-corrected chi connectivity index (χ0v) is 11.2. The lowest BCUT2D eigenvalue weighted by molar-refractivity contribution is -0.137. The first kappa shape index (κ1) is 14.2. The van der Waals surface area contributed by atoms with E-state index in [1.807, 2.05) is 6.07 Å². The summed E-state index contributed by atoms with van der Waals surface area (Å²) < 4.78 is 38.5. The van der Waals surface area contributed by atoms with Crippen molar-refractivity contribution in [3.05, 3.63) is 71.3 Å². The lowest BCUT2D eigenvalue weighted by atomic mass is 9.98. The maximum atomic E-state index is 12.8. The molecule has 1 N–H and O–H groups in total. The summed E-state index contributed by atoms with van der Waals surface area (Å²) >= 11 is 0. The zero-order valence-electron chi connectivity index (χ0n) is 11.2. The lowest BCUT2D eigenvalue weighted by Crippen LogP contribution is -2.19. The second kappa shape index (κ2) is 5.22. The molecule has 0 saturated heterocycles. The smallest absolute Gasteiger partial charge is 0.273 e. The van der Waals surface area contributed by atoms with Gasteiger partial charge >= 0.3 is 6.18 Å². The Bertz CT molecular complexity index is 751. The normalized spacial score (nSPS) is 14.8. The van der Waals surface area contributed by atoms with Gasteiger partial charge in [-0.3, -0.25) is 10.2 Å². The second-order valence-electron chi connectivity index (χ2n) is 4.72. The van der Waals surface area contributed by atoms with E-state index in [2.05, 4.69) is 10.9 Å². The van der Waals surface area contributed by atoms with Crippen LogP contribution < -0.4 is 10.9 Å². The van der Waals surface area contributed by atoms with Gasteiger partial charge < -0.3 is 0 Å². The minimum Gasteiger partial charge on any atom is -0.273 e. The molecule has 2 aromatic rings. The number of nitrogens with zero attached hydrogens (tertiary/aromatic N) is 1. The van der Waals surface area contributed by atoms with Crippen LogP contribution in [-0.4, -0.2) is 5.91 Å². The van der Waals surface area contributed by atoms with Crippen LogP contribution >= 0.6 is 0 Å². The Morgan fingerprint density at radius 3 is 2.27 bits per heavy atom. The predicted molar refractivity (Wildman–Crippen MR) is 75.0 cm³/mol. The number of nitrogens with one attached hydrogen (secondary N) is 1. The summed E-state index contributed by atoms with van der Waals surface area (Å²) in [5, 5.41) is 0. The molecule has 0 fully saturated rings. The topological polar surface area (TPSA) is 43.2 Å². The highest BCUT2D eigenvalue weighted by Crippen LogP contribution is 2.33. The van der Waals surface area contributed by atoms with Crippen LogP contribution in [0, 0.1) is 0 Å². The van der Waals surface area contributed by atoms with Gasteiger partial charge in [0.15, 0.2) is 0 Å². The number of hydrogen-bond acceptors (Lipinski definition) is 2. The van der Waals surface area contributed by atoms with Crippen molar-refractivity contribution in [3.8, 4) is 0 Å². The van der Waals surface area contributed by atoms with Gasteiger partial charge in [-0.25, -0.2) is 0 Å². The van der Waals surface area contributed by atoms with Crippen LogP contribution in [0.4, 0.5) is 13.2 Å². The van der Waals surface area contributed by atoms with E-state index in [-0.39, 0.29) is 11.1 Å². The number of halogens is 3. The molecule has 3 nitrogen and oxygen atoms in total. The highest BCUT2D eigenvalue weighted by molar-refractivity contribution is 6.29. The van der Waals surface area contributed by atoms with Crippen molar-refractivity contribution < 1.29 is 18.0 Å². The zero-order chi connectivity index (χ0) is 15.7. The molecule has 0 atom stereocenters. The van der Waals surface area contributed by atoms with E-state index in [1.165, 1.54) is 12.1 Å². The van der Waals surface area contributed by atoms with Crippen LogP contribution in [0.15, 0.2) is 54.6 Å². The van der Waals surface area contributed by atoms with Gasteiger partial charge in [0.2, 0.25) is 0 Å². The third-order valence-electron chi connectivity index (χ3n) is 3.27. The molecule has 1 aliphatic rings. The number of rotatable bonds is 2.